The number of amides is 1. The Bertz CT molecular complexity index is 309. The summed E-state index contributed by atoms with van der Waals surface area (Å²) in [7, 11) is 3.59. The third kappa shape index (κ3) is 3.80. The standard InChI is InChI=1S/C10H14BrNOS/c1-12(2)10(13)5-3-4-8-6-7-9(11)14-8/h6-7H,3-5H2,1-2H3. The summed E-state index contributed by atoms with van der Waals surface area (Å²) in [5, 5.41) is 0. The smallest absolute Gasteiger partial charge is 0.222 e. The Morgan fingerprint density at radius 1 is 1.50 bits per heavy atom. The maximum absolute atomic E-state index is 11.3. The Balaban J connectivity index is 2.25. The van der Waals surface area contributed by atoms with Crippen LogP contribution in [-0.2, 0) is 11.2 Å². The van der Waals surface area contributed by atoms with Gasteiger partial charge in [0.05, 0.1) is 3.79 Å². The van der Waals surface area contributed by atoms with Gasteiger partial charge in [-0.1, -0.05) is 0 Å². The molecule has 1 rings (SSSR count). The van der Waals surface area contributed by atoms with Crippen molar-refractivity contribution in [2.45, 2.75) is 19.3 Å². The second-order valence-corrected chi connectivity index (χ2v) is 5.90. The number of aryl methyl sites for hydroxylation is 1. The van der Waals surface area contributed by atoms with Gasteiger partial charge in [-0.3, -0.25) is 4.79 Å². The molecule has 1 heterocycles. The third-order valence-corrected chi connectivity index (χ3v) is 3.62. The van der Waals surface area contributed by atoms with E-state index in [-0.39, 0.29) is 5.91 Å². The molecule has 1 aromatic rings. The number of carbonyl (C=O) groups excluding carboxylic acids is 1. The second-order valence-electron chi connectivity index (χ2n) is 3.35. The van der Waals surface area contributed by atoms with E-state index < -0.39 is 0 Å². The van der Waals surface area contributed by atoms with Gasteiger partial charge >= 0.3 is 0 Å². The highest BCUT2D eigenvalue weighted by Gasteiger charge is 2.04. The topological polar surface area (TPSA) is 20.3 Å². The number of carbonyl (C=O) groups is 1. The Morgan fingerprint density at radius 2 is 2.21 bits per heavy atom. The predicted molar refractivity (Wildman–Crippen MR) is 63.7 cm³/mol. The number of hydrogen-bond acceptors (Lipinski definition) is 2. The van der Waals surface area contributed by atoms with Gasteiger partial charge in [-0.2, -0.15) is 0 Å². The fourth-order valence-corrected chi connectivity index (χ4v) is 2.65. The van der Waals surface area contributed by atoms with Crippen molar-refractivity contribution < 1.29 is 4.79 Å². The number of rotatable bonds is 4. The van der Waals surface area contributed by atoms with Crippen LogP contribution in [0.25, 0.3) is 0 Å². The molecule has 0 radical (unpaired) electrons. The first kappa shape index (κ1) is 11.7. The van der Waals surface area contributed by atoms with Crippen molar-refractivity contribution in [2.75, 3.05) is 14.1 Å². The Morgan fingerprint density at radius 3 is 2.71 bits per heavy atom. The van der Waals surface area contributed by atoms with Crippen LogP contribution >= 0.6 is 27.3 Å². The first-order valence-corrected chi connectivity index (χ1v) is 6.15. The molecule has 1 aromatic heterocycles. The lowest BCUT2D eigenvalue weighted by molar-refractivity contribution is -0.128. The third-order valence-electron chi connectivity index (χ3n) is 1.94. The minimum Gasteiger partial charge on any atom is -0.349 e. The van der Waals surface area contributed by atoms with Crippen LogP contribution in [0, 0.1) is 0 Å². The van der Waals surface area contributed by atoms with Gasteiger partial charge in [0.1, 0.15) is 0 Å². The van der Waals surface area contributed by atoms with Crippen molar-refractivity contribution in [2.24, 2.45) is 0 Å². The number of thiophene rings is 1. The van der Waals surface area contributed by atoms with Crippen molar-refractivity contribution in [1.82, 2.24) is 4.90 Å². The normalized spacial score (nSPS) is 10.2. The SMILES string of the molecule is CN(C)C(=O)CCCc1ccc(Br)s1. The molecule has 0 unspecified atom stereocenters. The highest BCUT2D eigenvalue weighted by molar-refractivity contribution is 9.11. The van der Waals surface area contributed by atoms with Gasteiger partial charge in [0.25, 0.3) is 0 Å². The average Bonchev–Trinajstić information content (AvgIpc) is 2.51. The highest BCUT2D eigenvalue weighted by atomic mass is 79.9. The number of hydrogen-bond donors (Lipinski definition) is 0. The highest BCUT2D eigenvalue weighted by Crippen LogP contribution is 2.23. The molecule has 0 aliphatic rings. The lowest BCUT2D eigenvalue weighted by atomic mass is 10.2. The molecule has 2 nitrogen and oxygen atoms in total. The summed E-state index contributed by atoms with van der Waals surface area (Å²) in [5.41, 5.74) is 0. The summed E-state index contributed by atoms with van der Waals surface area (Å²) < 4.78 is 1.16. The zero-order chi connectivity index (χ0) is 10.6. The van der Waals surface area contributed by atoms with Crippen LogP contribution in [0.5, 0.6) is 0 Å². The van der Waals surface area contributed by atoms with Gasteiger partial charge in [0.2, 0.25) is 5.91 Å². The second kappa shape index (κ2) is 5.51. The lowest BCUT2D eigenvalue weighted by Gasteiger charge is -2.08. The van der Waals surface area contributed by atoms with Crippen LogP contribution in [0.4, 0.5) is 0 Å². The van der Waals surface area contributed by atoms with E-state index in [4.69, 9.17) is 0 Å². The van der Waals surface area contributed by atoms with Crippen LogP contribution in [-0.4, -0.2) is 24.9 Å². The minimum absolute atomic E-state index is 0.209. The fraction of sp³-hybridized carbons (Fsp3) is 0.500. The molecule has 0 saturated heterocycles. The molecule has 0 spiro atoms. The van der Waals surface area contributed by atoms with Gasteiger partial charge in [-0.25, -0.2) is 0 Å². The van der Waals surface area contributed by atoms with E-state index in [9.17, 15) is 4.79 Å². The van der Waals surface area contributed by atoms with Crippen LogP contribution in [0.3, 0.4) is 0 Å². The van der Waals surface area contributed by atoms with Crippen LogP contribution in [0.1, 0.15) is 17.7 Å². The molecule has 0 aliphatic carbocycles. The number of nitrogens with zero attached hydrogens (tertiary/aromatic N) is 1. The first-order valence-electron chi connectivity index (χ1n) is 4.54. The maximum atomic E-state index is 11.3. The van der Waals surface area contributed by atoms with Crippen molar-refractivity contribution >= 4 is 33.2 Å². The van der Waals surface area contributed by atoms with Gasteiger partial charge in [-0.05, 0) is 40.9 Å². The van der Waals surface area contributed by atoms with Crippen LogP contribution in [0.15, 0.2) is 15.9 Å². The predicted octanol–water partition coefficient (Wildman–Crippen LogP) is 2.92. The maximum Gasteiger partial charge on any atom is 0.222 e. The molecule has 14 heavy (non-hydrogen) atoms. The first-order chi connectivity index (χ1) is 6.59. The number of halogens is 1. The Labute approximate surface area is 97.1 Å². The molecular weight excluding hydrogens is 262 g/mol. The Hall–Kier alpha value is -0.350. The van der Waals surface area contributed by atoms with E-state index in [2.05, 4.69) is 22.0 Å². The van der Waals surface area contributed by atoms with E-state index in [0.29, 0.717) is 6.42 Å². The quantitative estimate of drug-likeness (QED) is 0.828. The largest absolute Gasteiger partial charge is 0.349 e. The van der Waals surface area contributed by atoms with Crippen molar-refractivity contribution in [3.05, 3.63) is 20.8 Å². The summed E-state index contributed by atoms with van der Waals surface area (Å²) >= 11 is 5.16. The molecule has 0 bridgehead atoms. The fourth-order valence-electron chi connectivity index (χ4n) is 1.12. The van der Waals surface area contributed by atoms with Crippen LogP contribution < -0.4 is 0 Å². The van der Waals surface area contributed by atoms with Gasteiger partial charge in [0.15, 0.2) is 0 Å². The van der Waals surface area contributed by atoms with Crippen molar-refractivity contribution in [1.29, 1.82) is 0 Å². The van der Waals surface area contributed by atoms with Crippen molar-refractivity contribution in [3.63, 3.8) is 0 Å². The minimum atomic E-state index is 0.209. The summed E-state index contributed by atoms with van der Waals surface area (Å²) in [6.45, 7) is 0. The molecule has 0 aliphatic heterocycles. The molecule has 0 atom stereocenters. The monoisotopic (exact) mass is 275 g/mol. The van der Waals surface area contributed by atoms with Gasteiger partial charge in [0, 0.05) is 25.4 Å². The summed E-state index contributed by atoms with van der Waals surface area (Å²) in [4.78, 5) is 14.2. The molecule has 78 valence electrons. The summed E-state index contributed by atoms with van der Waals surface area (Å²) in [5.74, 6) is 0.209. The van der Waals surface area contributed by atoms with E-state index in [1.54, 1.807) is 30.3 Å². The van der Waals surface area contributed by atoms with Gasteiger partial charge < -0.3 is 4.90 Å². The molecule has 0 fully saturated rings. The van der Waals surface area contributed by atoms with Crippen molar-refractivity contribution in [3.8, 4) is 0 Å². The van der Waals surface area contributed by atoms with Crippen LogP contribution in [0.2, 0.25) is 0 Å². The van der Waals surface area contributed by atoms with Gasteiger partial charge in [-0.15, -0.1) is 11.3 Å². The molecule has 1 amide bonds. The zero-order valence-corrected chi connectivity index (χ0v) is 10.8. The van der Waals surface area contributed by atoms with E-state index in [1.165, 1.54) is 4.88 Å². The molecule has 0 N–H and O–H groups in total. The van der Waals surface area contributed by atoms with E-state index >= 15 is 0 Å². The van der Waals surface area contributed by atoms with E-state index in [0.717, 1.165) is 16.6 Å². The Kier molecular flexibility index (Phi) is 4.62. The summed E-state index contributed by atoms with van der Waals surface area (Å²) in [6.07, 6.45) is 2.57. The van der Waals surface area contributed by atoms with E-state index in [1.807, 2.05) is 6.07 Å². The molecule has 0 aromatic carbocycles. The molecule has 4 heteroatoms. The zero-order valence-electron chi connectivity index (χ0n) is 8.42. The lowest BCUT2D eigenvalue weighted by Crippen LogP contribution is -2.21. The molecule has 0 saturated carbocycles. The molecular formula is C10H14BrNOS. The average molecular weight is 276 g/mol. The summed E-state index contributed by atoms with van der Waals surface area (Å²) in [6, 6.07) is 4.16.